The number of hydrogen-bond acceptors (Lipinski definition) is 3. The Kier molecular flexibility index (Phi) is 1.63. The number of fused-ring (bicyclic) bond motifs is 1. The Morgan fingerprint density at radius 3 is 3.21 bits per heavy atom. The zero-order chi connectivity index (χ0) is 9.38. The summed E-state index contributed by atoms with van der Waals surface area (Å²) in [4.78, 5) is 3.15. The van der Waals surface area contributed by atoms with E-state index in [9.17, 15) is 0 Å². The maximum absolute atomic E-state index is 4.18. The number of nitrogens with one attached hydrogen (secondary N) is 2. The molecule has 72 valence electrons. The van der Waals surface area contributed by atoms with Crippen molar-refractivity contribution in [3.8, 4) is 11.5 Å². The van der Waals surface area contributed by atoms with E-state index >= 15 is 0 Å². The third-order valence-corrected chi connectivity index (χ3v) is 2.46. The molecule has 2 aromatic heterocycles. The summed E-state index contributed by atoms with van der Waals surface area (Å²) in [5.41, 5.74) is 1.03. The molecule has 0 bridgehead atoms. The summed E-state index contributed by atoms with van der Waals surface area (Å²) in [5.74, 6) is 1.95. The van der Waals surface area contributed by atoms with E-state index < -0.39 is 0 Å². The first kappa shape index (κ1) is 7.75. The molecule has 0 aromatic carbocycles. The Bertz CT molecular complexity index is 428. The second-order valence-electron chi connectivity index (χ2n) is 3.35. The number of nitrogens with zero attached hydrogens (tertiary/aromatic N) is 3. The van der Waals surface area contributed by atoms with Crippen molar-refractivity contribution in [3.63, 3.8) is 0 Å². The van der Waals surface area contributed by atoms with E-state index in [-0.39, 0.29) is 0 Å². The summed E-state index contributed by atoms with van der Waals surface area (Å²) in [6.07, 6.45) is 1.90. The second kappa shape index (κ2) is 2.95. The molecule has 14 heavy (non-hydrogen) atoms. The first-order valence-electron chi connectivity index (χ1n) is 4.72. The van der Waals surface area contributed by atoms with Gasteiger partial charge in [-0.25, -0.2) is 0 Å². The van der Waals surface area contributed by atoms with Gasteiger partial charge in [-0.2, -0.15) is 0 Å². The van der Waals surface area contributed by atoms with E-state index in [1.54, 1.807) is 0 Å². The second-order valence-corrected chi connectivity index (χ2v) is 3.35. The van der Waals surface area contributed by atoms with Gasteiger partial charge in [0, 0.05) is 19.3 Å². The highest BCUT2D eigenvalue weighted by Gasteiger charge is 2.16. The van der Waals surface area contributed by atoms with Crippen LogP contribution < -0.4 is 5.32 Å². The third-order valence-electron chi connectivity index (χ3n) is 2.46. The van der Waals surface area contributed by atoms with Gasteiger partial charge in [0.25, 0.3) is 0 Å². The minimum absolute atomic E-state index is 0.813. The van der Waals surface area contributed by atoms with Crippen LogP contribution in [0.25, 0.3) is 11.5 Å². The monoisotopic (exact) mass is 189 g/mol. The highest BCUT2D eigenvalue weighted by atomic mass is 15.3. The molecule has 1 aliphatic heterocycles. The van der Waals surface area contributed by atoms with E-state index in [0.717, 1.165) is 37.0 Å². The van der Waals surface area contributed by atoms with E-state index in [4.69, 9.17) is 0 Å². The molecule has 5 nitrogen and oxygen atoms in total. The number of H-pyrrole nitrogens is 1. The molecule has 0 spiro atoms. The van der Waals surface area contributed by atoms with Crippen LogP contribution in [0.2, 0.25) is 0 Å². The molecule has 5 heteroatoms. The molecular weight excluding hydrogens is 178 g/mol. The lowest BCUT2D eigenvalue weighted by molar-refractivity contribution is 0.508. The van der Waals surface area contributed by atoms with Crippen molar-refractivity contribution in [2.45, 2.75) is 13.1 Å². The zero-order valence-corrected chi connectivity index (χ0v) is 7.70. The predicted octanol–water partition coefficient (Wildman–Crippen LogP) is 0.376. The Hall–Kier alpha value is -1.62. The van der Waals surface area contributed by atoms with Gasteiger partial charge in [0.15, 0.2) is 5.82 Å². The summed E-state index contributed by atoms with van der Waals surface area (Å²) in [5, 5.41) is 11.6. The fourth-order valence-corrected chi connectivity index (χ4v) is 1.76. The molecule has 0 atom stereocenters. The third kappa shape index (κ3) is 1.06. The topological polar surface area (TPSA) is 58.5 Å². The Morgan fingerprint density at radius 2 is 2.36 bits per heavy atom. The van der Waals surface area contributed by atoms with Crippen LogP contribution in [0.15, 0.2) is 18.3 Å². The van der Waals surface area contributed by atoms with Gasteiger partial charge in [-0.15, -0.1) is 10.2 Å². The van der Waals surface area contributed by atoms with E-state index in [1.165, 1.54) is 0 Å². The molecule has 1 aliphatic rings. The average molecular weight is 189 g/mol. The van der Waals surface area contributed by atoms with Crippen LogP contribution in [0.4, 0.5) is 0 Å². The van der Waals surface area contributed by atoms with Gasteiger partial charge in [0.2, 0.25) is 0 Å². The smallest absolute Gasteiger partial charge is 0.180 e. The van der Waals surface area contributed by atoms with Crippen LogP contribution in [-0.4, -0.2) is 26.3 Å². The molecule has 0 amide bonds. The van der Waals surface area contributed by atoms with Gasteiger partial charge in [-0.05, 0) is 12.1 Å². The van der Waals surface area contributed by atoms with Crippen LogP contribution in [0.5, 0.6) is 0 Å². The maximum Gasteiger partial charge on any atom is 0.180 e. The van der Waals surface area contributed by atoms with Gasteiger partial charge < -0.3 is 14.9 Å². The normalized spacial score (nSPS) is 15.4. The molecule has 0 unspecified atom stereocenters. The van der Waals surface area contributed by atoms with Crippen LogP contribution in [0, 0.1) is 0 Å². The first-order valence-corrected chi connectivity index (χ1v) is 4.72. The molecule has 3 heterocycles. The average Bonchev–Trinajstić information content (AvgIpc) is 2.85. The van der Waals surface area contributed by atoms with Crippen molar-refractivity contribution in [1.82, 2.24) is 25.1 Å². The zero-order valence-electron chi connectivity index (χ0n) is 7.70. The van der Waals surface area contributed by atoms with Crippen molar-refractivity contribution in [2.75, 3.05) is 6.54 Å². The van der Waals surface area contributed by atoms with Crippen molar-refractivity contribution in [3.05, 3.63) is 24.2 Å². The minimum atomic E-state index is 0.813. The van der Waals surface area contributed by atoms with E-state index in [0.29, 0.717) is 0 Å². The fourth-order valence-electron chi connectivity index (χ4n) is 1.76. The highest BCUT2D eigenvalue weighted by molar-refractivity contribution is 5.49. The molecule has 3 rings (SSSR count). The SMILES string of the molecule is c1c[nH]c(-c2nnc3n2CCNC3)c1. The Balaban J connectivity index is 2.11. The highest BCUT2D eigenvalue weighted by Crippen LogP contribution is 2.16. The maximum atomic E-state index is 4.18. The minimum Gasteiger partial charge on any atom is -0.359 e. The van der Waals surface area contributed by atoms with Crippen LogP contribution in [-0.2, 0) is 13.1 Å². The Labute approximate surface area is 81.2 Å². The van der Waals surface area contributed by atoms with Crippen LogP contribution in [0.3, 0.4) is 0 Å². The predicted molar refractivity (Wildman–Crippen MR) is 51.5 cm³/mol. The molecule has 0 radical (unpaired) electrons. The van der Waals surface area contributed by atoms with Crippen molar-refractivity contribution < 1.29 is 0 Å². The standard InChI is InChI=1S/C9H11N5/c1-2-7(11-3-1)9-13-12-8-6-10-4-5-14(8)9/h1-3,10-11H,4-6H2. The first-order chi connectivity index (χ1) is 6.95. The molecule has 0 saturated heterocycles. The molecule has 0 aliphatic carbocycles. The lowest BCUT2D eigenvalue weighted by Crippen LogP contribution is -2.28. The van der Waals surface area contributed by atoms with E-state index in [2.05, 4.69) is 25.1 Å². The van der Waals surface area contributed by atoms with Crippen LogP contribution in [0.1, 0.15) is 5.82 Å². The molecule has 2 N–H and O–H groups in total. The van der Waals surface area contributed by atoms with Gasteiger partial charge >= 0.3 is 0 Å². The molecule has 0 fully saturated rings. The number of aromatic nitrogens is 4. The van der Waals surface area contributed by atoms with Crippen molar-refractivity contribution >= 4 is 0 Å². The summed E-state index contributed by atoms with van der Waals surface area (Å²) < 4.78 is 2.16. The van der Waals surface area contributed by atoms with E-state index in [1.807, 2.05) is 18.3 Å². The van der Waals surface area contributed by atoms with Gasteiger partial charge in [0.1, 0.15) is 5.82 Å². The van der Waals surface area contributed by atoms with Crippen molar-refractivity contribution in [1.29, 1.82) is 0 Å². The van der Waals surface area contributed by atoms with Gasteiger partial charge in [-0.3, -0.25) is 0 Å². The Morgan fingerprint density at radius 1 is 1.36 bits per heavy atom. The quantitative estimate of drug-likeness (QED) is 0.681. The molecule has 0 saturated carbocycles. The number of hydrogen-bond donors (Lipinski definition) is 2. The summed E-state index contributed by atoms with van der Waals surface area (Å²) in [6.45, 7) is 2.74. The lowest BCUT2D eigenvalue weighted by Gasteiger charge is -2.15. The summed E-state index contributed by atoms with van der Waals surface area (Å²) in [7, 11) is 0. The number of rotatable bonds is 1. The van der Waals surface area contributed by atoms with Gasteiger partial charge in [0.05, 0.1) is 12.2 Å². The largest absolute Gasteiger partial charge is 0.359 e. The number of aromatic amines is 1. The summed E-state index contributed by atoms with van der Waals surface area (Å²) >= 11 is 0. The van der Waals surface area contributed by atoms with Crippen molar-refractivity contribution in [2.24, 2.45) is 0 Å². The van der Waals surface area contributed by atoms with Gasteiger partial charge in [-0.1, -0.05) is 0 Å². The molecular formula is C9H11N5. The fraction of sp³-hybridized carbons (Fsp3) is 0.333. The summed E-state index contributed by atoms with van der Waals surface area (Å²) in [6, 6.07) is 3.98. The van der Waals surface area contributed by atoms with Crippen LogP contribution >= 0.6 is 0 Å². The molecule has 2 aromatic rings. The lowest BCUT2D eigenvalue weighted by atomic mass is 10.3.